The summed E-state index contributed by atoms with van der Waals surface area (Å²) in [5, 5.41) is 6.26. The van der Waals surface area contributed by atoms with Crippen LogP contribution in [0.2, 0.25) is 0 Å². The molecule has 1 saturated carbocycles. The number of carbonyl (C=O) groups excluding carboxylic acids is 2. The van der Waals surface area contributed by atoms with Gasteiger partial charge in [-0.15, -0.1) is 0 Å². The smallest absolute Gasteiger partial charge is 0.255 e. The van der Waals surface area contributed by atoms with Crippen LogP contribution in [0.25, 0.3) is 0 Å². The molecule has 1 aliphatic carbocycles. The van der Waals surface area contributed by atoms with E-state index in [0.29, 0.717) is 23.8 Å². The van der Waals surface area contributed by atoms with Crippen LogP contribution in [0.5, 0.6) is 0 Å². The lowest BCUT2D eigenvalue weighted by Gasteiger charge is -2.32. The largest absolute Gasteiger partial charge is 0.339 e. The molecule has 2 aliphatic rings. The number of para-hydroxylation sites is 1. The van der Waals surface area contributed by atoms with Crippen molar-refractivity contribution >= 4 is 17.5 Å². The van der Waals surface area contributed by atoms with Crippen molar-refractivity contribution < 1.29 is 9.59 Å². The maximum absolute atomic E-state index is 13.0. The Labute approximate surface area is 150 Å². The number of carbonyl (C=O) groups is 2. The van der Waals surface area contributed by atoms with Crippen LogP contribution >= 0.6 is 0 Å². The van der Waals surface area contributed by atoms with Crippen LogP contribution in [0.4, 0.5) is 5.69 Å². The molecular weight excluding hydrogens is 314 g/mol. The van der Waals surface area contributed by atoms with E-state index in [9.17, 15) is 9.59 Å². The van der Waals surface area contributed by atoms with Gasteiger partial charge in [0.15, 0.2) is 0 Å². The SMILES string of the molecule is CN(C(=O)c1ccccc1NC(=O)C1CCCNC1)C1CCCCC1. The molecule has 1 atom stereocenters. The highest BCUT2D eigenvalue weighted by atomic mass is 16.2. The van der Waals surface area contributed by atoms with Crippen molar-refractivity contribution in [3.8, 4) is 0 Å². The Kier molecular flexibility index (Phi) is 6.08. The fraction of sp³-hybridized carbons (Fsp3) is 0.600. The zero-order chi connectivity index (χ0) is 17.6. The van der Waals surface area contributed by atoms with Gasteiger partial charge in [-0.05, 0) is 44.4 Å². The zero-order valence-corrected chi connectivity index (χ0v) is 15.1. The van der Waals surface area contributed by atoms with E-state index in [1.807, 2.05) is 36.2 Å². The molecule has 1 aliphatic heterocycles. The van der Waals surface area contributed by atoms with E-state index < -0.39 is 0 Å². The van der Waals surface area contributed by atoms with Gasteiger partial charge in [-0.25, -0.2) is 0 Å². The van der Waals surface area contributed by atoms with Gasteiger partial charge in [0.25, 0.3) is 5.91 Å². The van der Waals surface area contributed by atoms with E-state index in [0.717, 1.165) is 32.2 Å². The number of nitrogens with one attached hydrogen (secondary N) is 2. The van der Waals surface area contributed by atoms with Crippen LogP contribution in [0, 0.1) is 5.92 Å². The molecular formula is C20H29N3O2. The third-order valence-electron chi connectivity index (χ3n) is 5.53. The number of amides is 2. The molecule has 5 heteroatoms. The predicted octanol–water partition coefficient (Wildman–Crippen LogP) is 3.03. The van der Waals surface area contributed by atoms with E-state index >= 15 is 0 Å². The minimum Gasteiger partial charge on any atom is -0.339 e. The molecule has 5 nitrogen and oxygen atoms in total. The summed E-state index contributed by atoms with van der Waals surface area (Å²) in [6.45, 7) is 1.69. The highest BCUT2D eigenvalue weighted by molar-refractivity contribution is 6.04. The second-order valence-electron chi connectivity index (χ2n) is 7.29. The standard InChI is InChI=1S/C20H29N3O2/c1-23(16-9-3-2-4-10-16)20(25)17-11-5-6-12-18(17)22-19(24)15-8-7-13-21-14-15/h5-6,11-12,15-16,21H,2-4,7-10,13-14H2,1H3,(H,22,24). The summed E-state index contributed by atoms with van der Waals surface area (Å²) < 4.78 is 0. The first kappa shape index (κ1) is 17.9. The summed E-state index contributed by atoms with van der Waals surface area (Å²) in [5.74, 6) is -0.00896. The van der Waals surface area contributed by atoms with Crippen LogP contribution in [0.15, 0.2) is 24.3 Å². The van der Waals surface area contributed by atoms with E-state index in [-0.39, 0.29) is 17.7 Å². The molecule has 1 saturated heterocycles. The second-order valence-corrected chi connectivity index (χ2v) is 7.29. The number of benzene rings is 1. The monoisotopic (exact) mass is 343 g/mol. The van der Waals surface area contributed by atoms with Crippen molar-refractivity contribution in [2.45, 2.75) is 51.0 Å². The minimum atomic E-state index is -0.0204. The Morgan fingerprint density at radius 2 is 1.84 bits per heavy atom. The van der Waals surface area contributed by atoms with E-state index in [2.05, 4.69) is 10.6 Å². The lowest BCUT2D eigenvalue weighted by Crippen LogP contribution is -2.39. The summed E-state index contributed by atoms with van der Waals surface area (Å²) >= 11 is 0. The minimum absolute atomic E-state index is 0.00423. The first-order valence-corrected chi connectivity index (χ1v) is 9.54. The first-order valence-electron chi connectivity index (χ1n) is 9.54. The van der Waals surface area contributed by atoms with Gasteiger partial charge in [-0.2, -0.15) is 0 Å². The molecule has 0 radical (unpaired) electrons. The molecule has 0 spiro atoms. The molecule has 2 fully saturated rings. The molecule has 2 amide bonds. The molecule has 1 aromatic rings. The Morgan fingerprint density at radius 3 is 2.56 bits per heavy atom. The molecule has 25 heavy (non-hydrogen) atoms. The van der Waals surface area contributed by atoms with E-state index in [4.69, 9.17) is 0 Å². The zero-order valence-electron chi connectivity index (χ0n) is 15.1. The highest BCUT2D eigenvalue weighted by Crippen LogP contribution is 2.25. The molecule has 2 N–H and O–H groups in total. The fourth-order valence-corrected chi connectivity index (χ4v) is 3.91. The van der Waals surface area contributed by atoms with Gasteiger partial charge in [-0.3, -0.25) is 9.59 Å². The van der Waals surface area contributed by atoms with Crippen LogP contribution in [0.1, 0.15) is 55.3 Å². The lowest BCUT2D eigenvalue weighted by molar-refractivity contribution is -0.120. The first-order chi connectivity index (χ1) is 12.2. The normalized spacial score (nSPS) is 21.6. The van der Waals surface area contributed by atoms with Crippen molar-refractivity contribution in [1.82, 2.24) is 10.2 Å². The number of hydrogen-bond donors (Lipinski definition) is 2. The maximum atomic E-state index is 13.0. The average molecular weight is 343 g/mol. The number of rotatable bonds is 4. The van der Waals surface area contributed by atoms with Gasteiger partial charge in [0, 0.05) is 19.6 Å². The molecule has 0 bridgehead atoms. The van der Waals surface area contributed by atoms with Gasteiger partial charge < -0.3 is 15.5 Å². The molecule has 3 rings (SSSR count). The quantitative estimate of drug-likeness (QED) is 0.883. The summed E-state index contributed by atoms with van der Waals surface area (Å²) in [6, 6.07) is 7.69. The van der Waals surface area contributed by atoms with Gasteiger partial charge in [-0.1, -0.05) is 31.4 Å². The van der Waals surface area contributed by atoms with Crippen LogP contribution in [-0.2, 0) is 4.79 Å². The fourth-order valence-electron chi connectivity index (χ4n) is 3.91. The second kappa shape index (κ2) is 8.48. The summed E-state index contributed by atoms with van der Waals surface area (Å²) in [4.78, 5) is 27.4. The molecule has 1 aromatic carbocycles. The van der Waals surface area contributed by atoms with Crippen molar-refractivity contribution in [2.75, 3.05) is 25.5 Å². The number of nitrogens with zero attached hydrogens (tertiary/aromatic N) is 1. The van der Waals surface area contributed by atoms with Crippen molar-refractivity contribution in [1.29, 1.82) is 0 Å². The Hall–Kier alpha value is -1.88. The van der Waals surface area contributed by atoms with E-state index in [1.165, 1.54) is 19.3 Å². The average Bonchev–Trinajstić information content (AvgIpc) is 2.68. The van der Waals surface area contributed by atoms with Crippen LogP contribution in [0.3, 0.4) is 0 Å². The third kappa shape index (κ3) is 4.40. The van der Waals surface area contributed by atoms with Crippen molar-refractivity contribution in [2.24, 2.45) is 5.92 Å². The van der Waals surface area contributed by atoms with E-state index in [1.54, 1.807) is 0 Å². The van der Waals surface area contributed by atoms with Crippen molar-refractivity contribution in [3.05, 3.63) is 29.8 Å². The number of piperidine rings is 1. The molecule has 0 aromatic heterocycles. The summed E-state index contributed by atoms with van der Waals surface area (Å²) in [7, 11) is 1.89. The predicted molar refractivity (Wildman–Crippen MR) is 99.6 cm³/mol. The molecule has 1 heterocycles. The number of hydrogen-bond acceptors (Lipinski definition) is 3. The highest BCUT2D eigenvalue weighted by Gasteiger charge is 2.26. The van der Waals surface area contributed by atoms with Gasteiger partial charge in [0.05, 0.1) is 17.2 Å². The lowest BCUT2D eigenvalue weighted by atomic mass is 9.94. The maximum Gasteiger partial charge on any atom is 0.255 e. The molecule has 136 valence electrons. The van der Waals surface area contributed by atoms with Crippen molar-refractivity contribution in [3.63, 3.8) is 0 Å². The Morgan fingerprint density at radius 1 is 1.08 bits per heavy atom. The van der Waals surface area contributed by atoms with Crippen LogP contribution in [-0.4, -0.2) is 42.9 Å². The van der Waals surface area contributed by atoms with Gasteiger partial charge in [0.2, 0.25) is 5.91 Å². The number of anilines is 1. The third-order valence-corrected chi connectivity index (χ3v) is 5.53. The Balaban J connectivity index is 1.71. The summed E-state index contributed by atoms with van der Waals surface area (Å²) in [5.41, 5.74) is 1.22. The van der Waals surface area contributed by atoms with Gasteiger partial charge in [0.1, 0.15) is 0 Å². The van der Waals surface area contributed by atoms with Gasteiger partial charge >= 0.3 is 0 Å². The Bertz CT molecular complexity index is 605. The topological polar surface area (TPSA) is 61.4 Å². The summed E-state index contributed by atoms with van der Waals surface area (Å²) in [6.07, 6.45) is 7.71. The molecule has 1 unspecified atom stereocenters. The van der Waals surface area contributed by atoms with Crippen LogP contribution < -0.4 is 10.6 Å².